The van der Waals surface area contributed by atoms with Crippen LogP contribution in [-0.2, 0) is 9.59 Å². The third-order valence-electron chi connectivity index (χ3n) is 3.26. The standard InChI is InChI=1S/C15H19ClN6O2S/c1-3-17-13(23)9-21(4-2)14(24)10-25-15-18-19-20-22(15)12-7-5-6-11(16)8-12/h5-8H,3-4,9-10H2,1-2H3,(H,17,23). The summed E-state index contributed by atoms with van der Waals surface area (Å²) in [7, 11) is 0. The summed E-state index contributed by atoms with van der Waals surface area (Å²) in [6, 6.07) is 7.11. The molecule has 0 spiro atoms. The van der Waals surface area contributed by atoms with Crippen molar-refractivity contribution in [1.82, 2.24) is 30.4 Å². The van der Waals surface area contributed by atoms with E-state index in [0.717, 1.165) is 0 Å². The second kappa shape index (κ2) is 9.38. The van der Waals surface area contributed by atoms with Gasteiger partial charge in [0.2, 0.25) is 17.0 Å². The van der Waals surface area contributed by atoms with Crippen LogP contribution in [0.15, 0.2) is 29.4 Å². The number of aromatic nitrogens is 4. The number of hydrogen-bond donors (Lipinski definition) is 1. The first-order valence-corrected chi connectivity index (χ1v) is 9.13. The van der Waals surface area contributed by atoms with Gasteiger partial charge in [0.25, 0.3) is 0 Å². The molecule has 0 atom stereocenters. The van der Waals surface area contributed by atoms with Crippen molar-refractivity contribution in [2.24, 2.45) is 0 Å². The zero-order valence-corrected chi connectivity index (χ0v) is 15.5. The van der Waals surface area contributed by atoms with E-state index in [1.165, 1.54) is 21.3 Å². The summed E-state index contributed by atoms with van der Waals surface area (Å²) in [6.45, 7) is 4.70. The zero-order valence-electron chi connectivity index (χ0n) is 14.0. The van der Waals surface area contributed by atoms with Crippen LogP contribution in [0.5, 0.6) is 0 Å². The lowest BCUT2D eigenvalue weighted by molar-refractivity contribution is -0.133. The van der Waals surface area contributed by atoms with Gasteiger partial charge in [-0.15, -0.1) is 5.10 Å². The van der Waals surface area contributed by atoms with E-state index >= 15 is 0 Å². The second-order valence-corrected chi connectivity index (χ2v) is 6.38. The lowest BCUT2D eigenvalue weighted by atomic mass is 10.3. The van der Waals surface area contributed by atoms with Crippen LogP contribution >= 0.6 is 23.4 Å². The smallest absolute Gasteiger partial charge is 0.239 e. The predicted molar refractivity (Wildman–Crippen MR) is 95.8 cm³/mol. The van der Waals surface area contributed by atoms with Gasteiger partial charge in [-0.25, -0.2) is 0 Å². The minimum absolute atomic E-state index is 0.0446. The van der Waals surface area contributed by atoms with Gasteiger partial charge in [-0.1, -0.05) is 29.4 Å². The average Bonchev–Trinajstić information content (AvgIpc) is 3.06. The minimum atomic E-state index is -0.175. The van der Waals surface area contributed by atoms with Crippen molar-refractivity contribution >= 4 is 35.2 Å². The van der Waals surface area contributed by atoms with Crippen LogP contribution in [0.3, 0.4) is 0 Å². The highest BCUT2D eigenvalue weighted by Gasteiger charge is 2.17. The van der Waals surface area contributed by atoms with E-state index < -0.39 is 0 Å². The average molecular weight is 383 g/mol. The molecule has 10 heteroatoms. The molecule has 0 aliphatic carbocycles. The number of tetrazole rings is 1. The van der Waals surface area contributed by atoms with Crippen molar-refractivity contribution in [3.05, 3.63) is 29.3 Å². The molecular formula is C15H19ClN6O2S. The third-order valence-corrected chi connectivity index (χ3v) is 4.40. The summed E-state index contributed by atoms with van der Waals surface area (Å²) in [4.78, 5) is 25.5. The summed E-state index contributed by atoms with van der Waals surface area (Å²) in [5.41, 5.74) is 0.710. The van der Waals surface area contributed by atoms with Crippen molar-refractivity contribution in [3.8, 4) is 5.69 Å². The molecule has 134 valence electrons. The monoisotopic (exact) mass is 382 g/mol. The van der Waals surface area contributed by atoms with Gasteiger partial charge in [0.05, 0.1) is 18.0 Å². The number of halogens is 1. The number of thioether (sulfide) groups is 1. The molecule has 0 unspecified atom stereocenters. The highest BCUT2D eigenvalue weighted by Crippen LogP contribution is 2.20. The Morgan fingerprint density at radius 3 is 2.84 bits per heavy atom. The van der Waals surface area contributed by atoms with Crippen LogP contribution < -0.4 is 5.32 Å². The summed E-state index contributed by atoms with van der Waals surface area (Å²) in [6.07, 6.45) is 0. The normalized spacial score (nSPS) is 10.5. The number of hydrogen-bond acceptors (Lipinski definition) is 6. The molecule has 1 aromatic carbocycles. The lowest BCUT2D eigenvalue weighted by Gasteiger charge is -2.19. The van der Waals surface area contributed by atoms with Gasteiger partial charge in [0.1, 0.15) is 0 Å². The molecular weight excluding hydrogens is 364 g/mol. The minimum Gasteiger partial charge on any atom is -0.355 e. The van der Waals surface area contributed by atoms with Crippen molar-refractivity contribution in [2.75, 3.05) is 25.4 Å². The van der Waals surface area contributed by atoms with Gasteiger partial charge < -0.3 is 10.2 Å². The lowest BCUT2D eigenvalue weighted by Crippen LogP contribution is -2.41. The van der Waals surface area contributed by atoms with E-state index in [1.807, 2.05) is 19.9 Å². The molecule has 0 radical (unpaired) electrons. The predicted octanol–water partition coefficient (Wildman–Crippen LogP) is 1.39. The van der Waals surface area contributed by atoms with Crippen molar-refractivity contribution in [2.45, 2.75) is 19.0 Å². The number of rotatable bonds is 8. The fourth-order valence-corrected chi connectivity index (χ4v) is 3.04. The molecule has 0 aliphatic heterocycles. The molecule has 25 heavy (non-hydrogen) atoms. The molecule has 2 rings (SSSR count). The number of likely N-dealkylation sites (N-methyl/N-ethyl adjacent to an activating group) is 2. The number of carbonyl (C=O) groups excluding carboxylic acids is 2. The van der Waals surface area contributed by atoms with E-state index in [0.29, 0.717) is 29.0 Å². The Hall–Kier alpha value is -2.13. The first kappa shape index (κ1) is 19.2. The maximum atomic E-state index is 12.3. The van der Waals surface area contributed by atoms with E-state index in [9.17, 15) is 9.59 Å². The molecule has 2 amide bonds. The highest BCUT2D eigenvalue weighted by atomic mass is 35.5. The first-order chi connectivity index (χ1) is 12.0. The van der Waals surface area contributed by atoms with Crippen molar-refractivity contribution in [1.29, 1.82) is 0 Å². The summed E-state index contributed by atoms with van der Waals surface area (Å²) >= 11 is 7.20. The van der Waals surface area contributed by atoms with Gasteiger partial charge in [-0.2, -0.15) is 4.68 Å². The molecule has 0 saturated carbocycles. The molecule has 0 bridgehead atoms. The Bertz CT molecular complexity index is 738. The first-order valence-electron chi connectivity index (χ1n) is 7.76. The summed E-state index contributed by atoms with van der Waals surface area (Å²) in [5, 5.41) is 15.3. The second-order valence-electron chi connectivity index (χ2n) is 5.00. The topological polar surface area (TPSA) is 93.0 Å². The molecule has 0 saturated heterocycles. The van der Waals surface area contributed by atoms with Gasteiger partial charge >= 0.3 is 0 Å². The molecule has 0 aliphatic rings. The Kier molecular flexibility index (Phi) is 7.20. The fraction of sp³-hybridized carbons (Fsp3) is 0.400. The van der Waals surface area contributed by atoms with Crippen LogP contribution in [0.25, 0.3) is 5.69 Å². The Morgan fingerprint density at radius 1 is 1.36 bits per heavy atom. The molecule has 1 heterocycles. The van der Waals surface area contributed by atoms with Crippen molar-refractivity contribution in [3.63, 3.8) is 0 Å². The quantitative estimate of drug-likeness (QED) is 0.693. The van der Waals surface area contributed by atoms with E-state index in [1.54, 1.807) is 18.2 Å². The van der Waals surface area contributed by atoms with E-state index in [2.05, 4.69) is 20.8 Å². The van der Waals surface area contributed by atoms with Crippen LogP contribution in [0.1, 0.15) is 13.8 Å². The fourth-order valence-electron chi connectivity index (χ4n) is 2.06. The Balaban J connectivity index is 2.00. The zero-order chi connectivity index (χ0) is 18.2. The van der Waals surface area contributed by atoms with Crippen LogP contribution in [0.4, 0.5) is 0 Å². The Labute approximate surface area is 154 Å². The number of amides is 2. The third kappa shape index (κ3) is 5.43. The van der Waals surface area contributed by atoms with E-state index in [-0.39, 0.29) is 24.1 Å². The van der Waals surface area contributed by atoms with Crippen LogP contribution in [0.2, 0.25) is 5.02 Å². The number of nitrogens with zero attached hydrogens (tertiary/aromatic N) is 5. The SMILES string of the molecule is CCNC(=O)CN(CC)C(=O)CSc1nnnn1-c1cccc(Cl)c1. The summed E-state index contributed by atoms with van der Waals surface area (Å²) < 4.78 is 1.52. The number of benzene rings is 1. The van der Waals surface area contributed by atoms with Crippen LogP contribution in [0, 0.1) is 0 Å². The number of carbonyl (C=O) groups is 2. The molecule has 8 nitrogen and oxygen atoms in total. The molecule has 1 aromatic heterocycles. The van der Waals surface area contributed by atoms with Gasteiger partial charge in [0.15, 0.2) is 0 Å². The number of nitrogens with one attached hydrogen (secondary N) is 1. The molecule has 1 N–H and O–H groups in total. The Morgan fingerprint density at radius 2 is 2.16 bits per heavy atom. The molecule has 2 aromatic rings. The maximum absolute atomic E-state index is 12.3. The van der Waals surface area contributed by atoms with Gasteiger partial charge in [-0.05, 0) is 42.5 Å². The van der Waals surface area contributed by atoms with E-state index in [4.69, 9.17) is 11.6 Å². The maximum Gasteiger partial charge on any atom is 0.239 e. The highest BCUT2D eigenvalue weighted by molar-refractivity contribution is 7.99. The van der Waals surface area contributed by atoms with Gasteiger partial charge in [-0.3, -0.25) is 9.59 Å². The molecule has 0 fully saturated rings. The van der Waals surface area contributed by atoms with Crippen LogP contribution in [-0.4, -0.2) is 62.3 Å². The largest absolute Gasteiger partial charge is 0.355 e. The van der Waals surface area contributed by atoms with Crippen molar-refractivity contribution < 1.29 is 9.59 Å². The summed E-state index contributed by atoms with van der Waals surface area (Å²) in [5.74, 6) is -0.195. The van der Waals surface area contributed by atoms with Gasteiger partial charge in [0, 0.05) is 18.1 Å².